The first-order valence-electron chi connectivity index (χ1n) is 9.40. The number of aryl methyl sites for hydroxylation is 1. The second kappa shape index (κ2) is 10.6. The van der Waals surface area contributed by atoms with Gasteiger partial charge in [-0.15, -0.1) is 0 Å². The zero-order chi connectivity index (χ0) is 22.3. The second-order valence-electron chi connectivity index (χ2n) is 7.01. The Morgan fingerprint density at radius 3 is 2.50 bits per heavy atom. The number of amides is 1. The van der Waals surface area contributed by atoms with E-state index in [1.54, 1.807) is 6.07 Å². The van der Waals surface area contributed by atoms with Crippen LogP contribution in [0.5, 0.6) is 0 Å². The number of carbonyl (C=O) groups is 2. The molecule has 0 spiro atoms. The average molecular weight is 453 g/mol. The van der Waals surface area contributed by atoms with Crippen molar-refractivity contribution < 1.29 is 22.7 Å². The molecule has 0 saturated heterocycles. The SMILES string of the molecule is Cc1cccc(C(C)C)c1NC(=O)COC(=O)CCNS(=O)(=O)c1cccc(Cl)c1. The Hall–Kier alpha value is -2.42. The minimum atomic E-state index is -3.79. The molecule has 2 N–H and O–H groups in total. The number of sulfonamides is 1. The Balaban J connectivity index is 1.82. The summed E-state index contributed by atoms with van der Waals surface area (Å²) in [4.78, 5) is 24.0. The molecule has 30 heavy (non-hydrogen) atoms. The molecule has 0 aliphatic rings. The zero-order valence-electron chi connectivity index (χ0n) is 17.1. The Morgan fingerprint density at radius 2 is 1.83 bits per heavy atom. The van der Waals surface area contributed by atoms with E-state index in [1.807, 2.05) is 39.0 Å². The van der Waals surface area contributed by atoms with Gasteiger partial charge in [-0.3, -0.25) is 9.59 Å². The number of hydrogen-bond acceptors (Lipinski definition) is 5. The van der Waals surface area contributed by atoms with Gasteiger partial charge in [0.2, 0.25) is 10.0 Å². The molecule has 162 valence electrons. The van der Waals surface area contributed by atoms with Crippen LogP contribution >= 0.6 is 11.6 Å². The number of hydrogen-bond donors (Lipinski definition) is 2. The highest BCUT2D eigenvalue weighted by molar-refractivity contribution is 7.89. The Labute approximate surface area is 181 Å². The lowest BCUT2D eigenvalue weighted by atomic mass is 9.98. The van der Waals surface area contributed by atoms with Crippen LogP contribution in [0.1, 0.15) is 37.3 Å². The van der Waals surface area contributed by atoms with E-state index in [1.165, 1.54) is 18.2 Å². The molecule has 0 atom stereocenters. The van der Waals surface area contributed by atoms with Crippen LogP contribution in [0.15, 0.2) is 47.4 Å². The van der Waals surface area contributed by atoms with Crippen LogP contribution in [0.3, 0.4) is 0 Å². The highest BCUT2D eigenvalue weighted by Gasteiger charge is 2.16. The van der Waals surface area contributed by atoms with E-state index >= 15 is 0 Å². The fourth-order valence-electron chi connectivity index (χ4n) is 2.74. The van der Waals surface area contributed by atoms with Crippen LogP contribution in [0.25, 0.3) is 0 Å². The van der Waals surface area contributed by atoms with Gasteiger partial charge < -0.3 is 10.1 Å². The maximum atomic E-state index is 12.2. The highest BCUT2D eigenvalue weighted by Crippen LogP contribution is 2.27. The molecular formula is C21H25ClN2O5S. The van der Waals surface area contributed by atoms with Crippen LogP contribution in [-0.2, 0) is 24.3 Å². The van der Waals surface area contributed by atoms with Crippen molar-refractivity contribution in [3.63, 3.8) is 0 Å². The molecule has 0 heterocycles. The number of nitrogens with one attached hydrogen (secondary N) is 2. The van der Waals surface area contributed by atoms with Gasteiger partial charge in [0, 0.05) is 17.3 Å². The zero-order valence-corrected chi connectivity index (χ0v) is 18.6. The fourth-order valence-corrected chi connectivity index (χ4v) is 4.07. The third-order valence-corrected chi connectivity index (χ3v) is 5.98. The highest BCUT2D eigenvalue weighted by atomic mass is 35.5. The molecular weight excluding hydrogens is 428 g/mol. The van der Waals surface area contributed by atoms with Gasteiger partial charge in [0.25, 0.3) is 5.91 Å². The number of carbonyl (C=O) groups excluding carboxylic acids is 2. The summed E-state index contributed by atoms with van der Waals surface area (Å²) >= 11 is 5.80. The number of esters is 1. The number of benzene rings is 2. The smallest absolute Gasteiger partial charge is 0.307 e. The van der Waals surface area contributed by atoms with Crippen molar-refractivity contribution in [1.29, 1.82) is 0 Å². The summed E-state index contributed by atoms with van der Waals surface area (Å²) in [5.41, 5.74) is 2.62. The summed E-state index contributed by atoms with van der Waals surface area (Å²) in [5, 5.41) is 3.07. The monoisotopic (exact) mass is 452 g/mol. The van der Waals surface area contributed by atoms with Gasteiger partial charge in [-0.05, 0) is 42.2 Å². The van der Waals surface area contributed by atoms with Crippen molar-refractivity contribution in [2.45, 2.75) is 38.0 Å². The molecule has 2 rings (SSSR count). The minimum Gasteiger partial charge on any atom is -0.456 e. The molecule has 0 aromatic heterocycles. The molecule has 1 amide bonds. The minimum absolute atomic E-state index is 0.00179. The molecule has 0 aliphatic carbocycles. The molecule has 0 fully saturated rings. The van der Waals surface area contributed by atoms with E-state index in [-0.39, 0.29) is 28.8 Å². The van der Waals surface area contributed by atoms with Crippen molar-refractivity contribution in [2.24, 2.45) is 0 Å². The Morgan fingerprint density at radius 1 is 1.13 bits per heavy atom. The van der Waals surface area contributed by atoms with E-state index in [2.05, 4.69) is 10.0 Å². The summed E-state index contributed by atoms with van der Waals surface area (Å²) in [7, 11) is -3.79. The van der Waals surface area contributed by atoms with E-state index in [0.29, 0.717) is 5.69 Å². The van der Waals surface area contributed by atoms with Crippen LogP contribution in [0.2, 0.25) is 5.02 Å². The second-order valence-corrected chi connectivity index (χ2v) is 9.21. The van der Waals surface area contributed by atoms with Crippen LogP contribution in [0, 0.1) is 6.92 Å². The topological polar surface area (TPSA) is 102 Å². The summed E-state index contributed by atoms with van der Waals surface area (Å²) in [6.07, 6.45) is -0.214. The van der Waals surface area contributed by atoms with Gasteiger partial charge in [0.1, 0.15) is 0 Å². The van der Waals surface area contributed by atoms with Crippen molar-refractivity contribution >= 4 is 39.2 Å². The van der Waals surface area contributed by atoms with Crippen LogP contribution in [0.4, 0.5) is 5.69 Å². The molecule has 2 aromatic carbocycles. The number of anilines is 1. The van der Waals surface area contributed by atoms with E-state index in [4.69, 9.17) is 16.3 Å². The maximum Gasteiger partial charge on any atom is 0.307 e. The maximum absolute atomic E-state index is 12.2. The van der Waals surface area contributed by atoms with Gasteiger partial charge in [-0.1, -0.05) is 49.7 Å². The first-order chi connectivity index (χ1) is 14.1. The van der Waals surface area contributed by atoms with Gasteiger partial charge >= 0.3 is 5.97 Å². The summed E-state index contributed by atoms with van der Waals surface area (Å²) in [6.45, 7) is 5.32. The Kier molecular flexibility index (Phi) is 8.40. The first kappa shape index (κ1) is 23.9. The first-order valence-corrected chi connectivity index (χ1v) is 11.3. The molecule has 9 heteroatoms. The summed E-state index contributed by atoms with van der Waals surface area (Å²) in [5.74, 6) is -0.929. The lowest BCUT2D eigenvalue weighted by molar-refractivity contribution is -0.147. The third kappa shape index (κ3) is 6.83. The summed E-state index contributed by atoms with van der Waals surface area (Å²) < 4.78 is 31.6. The predicted octanol–water partition coefficient (Wildman–Crippen LogP) is 3.62. The van der Waals surface area contributed by atoms with Crippen LogP contribution < -0.4 is 10.0 Å². The van der Waals surface area contributed by atoms with E-state index in [9.17, 15) is 18.0 Å². The predicted molar refractivity (Wildman–Crippen MR) is 116 cm³/mol. The van der Waals surface area contributed by atoms with Gasteiger partial charge in [-0.25, -0.2) is 13.1 Å². The standard InChI is InChI=1S/C21H25ClN2O5S/c1-14(2)18-9-4-6-15(3)21(18)24-19(25)13-29-20(26)10-11-23-30(27,28)17-8-5-7-16(22)12-17/h4-9,12,14,23H,10-11,13H2,1-3H3,(H,24,25). The number of rotatable bonds is 9. The largest absolute Gasteiger partial charge is 0.456 e. The lowest BCUT2D eigenvalue weighted by Crippen LogP contribution is -2.28. The summed E-state index contributed by atoms with van der Waals surface area (Å²) in [6, 6.07) is 11.5. The van der Waals surface area contributed by atoms with Crippen molar-refractivity contribution in [1.82, 2.24) is 4.72 Å². The normalized spacial score (nSPS) is 11.4. The quantitative estimate of drug-likeness (QED) is 0.566. The van der Waals surface area contributed by atoms with Gasteiger partial charge in [-0.2, -0.15) is 0 Å². The van der Waals surface area contributed by atoms with Gasteiger partial charge in [0.15, 0.2) is 6.61 Å². The number of ether oxygens (including phenoxy) is 1. The van der Waals surface area contributed by atoms with Gasteiger partial charge in [0.05, 0.1) is 11.3 Å². The van der Waals surface area contributed by atoms with Crippen LogP contribution in [-0.4, -0.2) is 33.4 Å². The van der Waals surface area contributed by atoms with E-state index in [0.717, 1.165) is 11.1 Å². The molecule has 0 saturated carbocycles. The number of para-hydroxylation sites is 1. The van der Waals surface area contributed by atoms with Crippen molar-refractivity contribution in [3.8, 4) is 0 Å². The fraction of sp³-hybridized carbons (Fsp3) is 0.333. The molecule has 0 radical (unpaired) electrons. The average Bonchev–Trinajstić information content (AvgIpc) is 2.67. The lowest BCUT2D eigenvalue weighted by Gasteiger charge is -2.16. The molecule has 7 nitrogen and oxygen atoms in total. The third-order valence-electron chi connectivity index (χ3n) is 4.28. The molecule has 0 bridgehead atoms. The molecule has 0 aliphatic heterocycles. The van der Waals surface area contributed by atoms with Crippen molar-refractivity contribution in [2.75, 3.05) is 18.5 Å². The Bertz CT molecular complexity index is 1020. The van der Waals surface area contributed by atoms with E-state index < -0.39 is 28.5 Å². The molecule has 0 unspecified atom stereocenters. The van der Waals surface area contributed by atoms with Crippen molar-refractivity contribution in [3.05, 3.63) is 58.6 Å². The molecule has 2 aromatic rings. The number of halogens is 1.